The Morgan fingerprint density at radius 3 is 2.70 bits per heavy atom. The van der Waals surface area contributed by atoms with Crippen molar-refractivity contribution < 1.29 is 34.8 Å². The number of carbonyl (C=O) groups is 2. The maximum Gasteiger partial charge on any atom is 0.305 e. The van der Waals surface area contributed by atoms with Gasteiger partial charge in [0.05, 0.1) is 18.8 Å². The SMILES string of the molecule is CCCCC[C@@H](O)/C=C/[C@H]1C(=O)C[C@H](O)[C@@H]1C/C=C\CCCC(=O)OCC(O)CO. The number of esters is 1. The largest absolute Gasteiger partial charge is 0.463 e. The fourth-order valence-electron chi connectivity index (χ4n) is 3.52. The molecule has 4 N–H and O–H groups in total. The molecule has 7 nitrogen and oxygen atoms in total. The van der Waals surface area contributed by atoms with E-state index in [1.807, 2.05) is 12.2 Å². The van der Waals surface area contributed by atoms with Gasteiger partial charge in [-0.2, -0.15) is 0 Å². The molecule has 1 aliphatic carbocycles. The Labute approximate surface area is 179 Å². The van der Waals surface area contributed by atoms with E-state index in [4.69, 9.17) is 14.9 Å². The van der Waals surface area contributed by atoms with Gasteiger partial charge in [-0.25, -0.2) is 0 Å². The Balaban J connectivity index is 2.37. The van der Waals surface area contributed by atoms with Crippen molar-refractivity contribution in [1.82, 2.24) is 0 Å². The van der Waals surface area contributed by atoms with Gasteiger partial charge in [-0.3, -0.25) is 9.59 Å². The topological polar surface area (TPSA) is 124 Å². The molecule has 0 saturated heterocycles. The Morgan fingerprint density at radius 2 is 2.00 bits per heavy atom. The molecule has 1 saturated carbocycles. The number of Topliss-reactive ketones (excluding diaryl/α,β-unsaturated/α-hetero) is 1. The van der Waals surface area contributed by atoms with Crippen LogP contribution >= 0.6 is 0 Å². The molecule has 0 aliphatic heterocycles. The van der Waals surface area contributed by atoms with Crippen molar-refractivity contribution in [2.24, 2.45) is 11.8 Å². The summed E-state index contributed by atoms with van der Waals surface area (Å²) in [5.74, 6) is -0.989. The predicted molar refractivity (Wildman–Crippen MR) is 114 cm³/mol. The van der Waals surface area contributed by atoms with Gasteiger partial charge in [-0.1, -0.05) is 50.5 Å². The first-order valence-electron chi connectivity index (χ1n) is 11.1. The fraction of sp³-hybridized carbons (Fsp3) is 0.739. The molecule has 0 radical (unpaired) electrons. The lowest BCUT2D eigenvalue weighted by Gasteiger charge is -2.17. The zero-order valence-corrected chi connectivity index (χ0v) is 18.0. The minimum atomic E-state index is -1.05. The van der Waals surface area contributed by atoms with Gasteiger partial charge in [0.1, 0.15) is 18.5 Å². The Hall–Kier alpha value is -1.54. The molecule has 0 heterocycles. The number of aliphatic hydroxyl groups excluding tert-OH is 4. The molecular weight excluding hydrogens is 388 g/mol. The molecular formula is C23H38O7. The Kier molecular flexibility index (Phi) is 13.5. The van der Waals surface area contributed by atoms with Gasteiger partial charge in [0.25, 0.3) is 0 Å². The molecule has 1 aliphatic rings. The lowest BCUT2D eigenvalue weighted by molar-refractivity contribution is -0.147. The van der Waals surface area contributed by atoms with Crippen LogP contribution in [0, 0.1) is 11.8 Å². The third kappa shape index (κ3) is 10.5. The van der Waals surface area contributed by atoms with Crippen molar-refractivity contribution in [1.29, 1.82) is 0 Å². The molecule has 7 heteroatoms. The van der Waals surface area contributed by atoms with E-state index in [0.29, 0.717) is 25.7 Å². The summed E-state index contributed by atoms with van der Waals surface area (Å²) in [5.41, 5.74) is 0. The van der Waals surface area contributed by atoms with Crippen LogP contribution in [0.3, 0.4) is 0 Å². The van der Waals surface area contributed by atoms with Crippen LogP contribution in [0.2, 0.25) is 0 Å². The zero-order valence-electron chi connectivity index (χ0n) is 18.0. The number of carbonyl (C=O) groups excluding carboxylic acids is 2. The maximum absolute atomic E-state index is 12.2. The van der Waals surface area contributed by atoms with E-state index < -0.39 is 30.9 Å². The normalized spacial score (nSPS) is 24.0. The van der Waals surface area contributed by atoms with Gasteiger partial charge < -0.3 is 25.2 Å². The van der Waals surface area contributed by atoms with E-state index >= 15 is 0 Å². The minimum Gasteiger partial charge on any atom is -0.463 e. The molecule has 0 aromatic rings. The number of hydrogen-bond donors (Lipinski definition) is 4. The van der Waals surface area contributed by atoms with Crippen molar-refractivity contribution in [3.63, 3.8) is 0 Å². The highest BCUT2D eigenvalue weighted by molar-refractivity contribution is 5.86. The van der Waals surface area contributed by atoms with Gasteiger partial charge in [0.2, 0.25) is 0 Å². The molecule has 0 aromatic heterocycles. The van der Waals surface area contributed by atoms with Crippen LogP contribution in [0.15, 0.2) is 24.3 Å². The van der Waals surface area contributed by atoms with E-state index in [9.17, 15) is 19.8 Å². The second kappa shape index (κ2) is 15.3. The molecule has 0 aromatic carbocycles. The molecule has 5 atom stereocenters. The first kappa shape index (κ1) is 26.5. The van der Waals surface area contributed by atoms with Gasteiger partial charge in [-0.05, 0) is 25.7 Å². The molecule has 1 rings (SSSR count). The van der Waals surface area contributed by atoms with Crippen LogP contribution in [0.4, 0.5) is 0 Å². The van der Waals surface area contributed by atoms with Crippen LogP contribution in [-0.4, -0.2) is 63.7 Å². The summed E-state index contributed by atoms with van der Waals surface area (Å²) in [5, 5.41) is 38.0. The number of ether oxygens (including phenoxy) is 1. The highest BCUT2D eigenvalue weighted by Crippen LogP contribution is 2.33. The zero-order chi connectivity index (χ0) is 22.4. The summed E-state index contributed by atoms with van der Waals surface area (Å²) in [7, 11) is 0. The standard InChI is InChI=1S/C23H38O7/c1-2-3-6-9-17(25)12-13-20-19(21(27)14-22(20)28)10-7-4-5-8-11-23(29)30-16-18(26)15-24/h4,7,12-13,17-21,24-27H,2-3,5-6,8-11,14-16H2,1H3/b7-4-,13-12+/t17-,18?,19-,20-,21+/m1/s1. The van der Waals surface area contributed by atoms with Crippen molar-refractivity contribution in [3.05, 3.63) is 24.3 Å². The summed E-state index contributed by atoms with van der Waals surface area (Å²) in [4.78, 5) is 23.7. The summed E-state index contributed by atoms with van der Waals surface area (Å²) in [6.07, 6.45) is 11.0. The Morgan fingerprint density at radius 1 is 1.23 bits per heavy atom. The van der Waals surface area contributed by atoms with Gasteiger partial charge in [0, 0.05) is 24.7 Å². The second-order valence-electron chi connectivity index (χ2n) is 7.99. The molecule has 0 amide bonds. The first-order valence-corrected chi connectivity index (χ1v) is 11.1. The van der Waals surface area contributed by atoms with E-state index in [1.54, 1.807) is 12.2 Å². The minimum absolute atomic E-state index is 0.00530. The molecule has 1 unspecified atom stereocenters. The van der Waals surface area contributed by atoms with E-state index in [2.05, 4.69) is 6.92 Å². The number of ketones is 1. The third-order valence-electron chi connectivity index (χ3n) is 5.36. The van der Waals surface area contributed by atoms with Crippen LogP contribution in [0.25, 0.3) is 0 Å². The molecule has 0 bridgehead atoms. The molecule has 172 valence electrons. The second-order valence-corrected chi connectivity index (χ2v) is 7.99. The average molecular weight is 427 g/mol. The molecule has 0 spiro atoms. The highest BCUT2D eigenvalue weighted by atomic mass is 16.5. The van der Waals surface area contributed by atoms with Crippen LogP contribution < -0.4 is 0 Å². The van der Waals surface area contributed by atoms with Gasteiger partial charge in [0.15, 0.2) is 0 Å². The van der Waals surface area contributed by atoms with Crippen molar-refractivity contribution >= 4 is 11.8 Å². The predicted octanol–water partition coefficient (Wildman–Crippen LogP) is 2.06. The van der Waals surface area contributed by atoms with Crippen LogP contribution in [0.1, 0.15) is 64.7 Å². The van der Waals surface area contributed by atoms with Crippen molar-refractivity contribution in [2.45, 2.75) is 83.0 Å². The summed E-state index contributed by atoms with van der Waals surface area (Å²) >= 11 is 0. The van der Waals surface area contributed by atoms with E-state index in [1.165, 1.54) is 0 Å². The number of hydrogen-bond acceptors (Lipinski definition) is 7. The lowest BCUT2D eigenvalue weighted by Crippen LogP contribution is -2.21. The summed E-state index contributed by atoms with van der Waals surface area (Å²) in [6, 6.07) is 0. The third-order valence-corrected chi connectivity index (χ3v) is 5.36. The number of allylic oxidation sites excluding steroid dienone is 3. The smallest absolute Gasteiger partial charge is 0.305 e. The van der Waals surface area contributed by atoms with E-state index in [-0.39, 0.29) is 37.1 Å². The Bertz CT molecular complexity index is 558. The molecule has 30 heavy (non-hydrogen) atoms. The van der Waals surface area contributed by atoms with Gasteiger partial charge >= 0.3 is 5.97 Å². The number of rotatable bonds is 15. The fourth-order valence-corrected chi connectivity index (χ4v) is 3.52. The van der Waals surface area contributed by atoms with Crippen molar-refractivity contribution in [3.8, 4) is 0 Å². The maximum atomic E-state index is 12.2. The summed E-state index contributed by atoms with van der Waals surface area (Å²) < 4.78 is 4.83. The van der Waals surface area contributed by atoms with Crippen LogP contribution in [0.5, 0.6) is 0 Å². The first-order chi connectivity index (χ1) is 14.4. The van der Waals surface area contributed by atoms with Crippen molar-refractivity contribution in [2.75, 3.05) is 13.2 Å². The molecule has 1 fully saturated rings. The van der Waals surface area contributed by atoms with E-state index in [0.717, 1.165) is 19.3 Å². The summed E-state index contributed by atoms with van der Waals surface area (Å²) in [6.45, 7) is 1.45. The van der Waals surface area contributed by atoms with Crippen LogP contribution in [-0.2, 0) is 14.3 Å². The lowest BCUT2D eigenvalue weighted by atomic mass is 9.90. The quantitative estimate of drug-likeness (QED) is 0.179. The highest BCUT2D eigenvalue weighted by Gasteiger charge is 2.39. The number of unbranched alkanes of at least 4 members (excludes halogenated alkanes) is 3. The average Bonchev–Trinajstić information content (AvgIpc) is 2.99. The monoisotopic (exact) mass is 426 g/mol. The number of aliphatic hydroxyl groups is 4. The van der Waals surface area contributed by atoms with Gasteiger partial charge in [-0.15, -0.1) is 0 Å².